The second-order valence-corrected chi connectivity index (χ2v) is 5.15. The lowest BCUT2D eigenvalue weighted by Crippen LogP contribution is -2.30. The minimum Gasteiger partial charge on any atom is -0.346 e. The maximum atomic E-state index is 11.8. The van der Waals surface area contributed by atoms with Crippen molar-refractivity contribution in [1.82, 2.24) is 4.90 Å². The van der Waals surface area contributed by atoms with Crippen LogP contribution in [-0.2, 0) is 4.79 Å². The molecule has 3 nitrogen and oxygen atoms in total. The molecule has 1 rings (SSSR count). The highest BCUT2D eigenvalue weighted by atomic mass is 16.2. The van der Waals surface area contributed by atoms with Gasteiger partial charge in [-0.05, 0) is 31.6 Å². The summed E-state index contributed by atoms with van der Waals surface area (Å²) in [5, 5.41) is 0. The van der Waals surface area contributed by atoms with Gasteiger partial charge in [-0.15, -0.1) is 0 Å². The molecule has 1 amide bonds. The molecule has 0 aromatic heterocycles. The Morgan fingerprint density at radius 3 is 2.81 bits per heavy atom. The van der Waals surface area contributed by atoms with Crippen molar-refractivity contribution in [3.63, 3.8) is 0 Å². The standard InChI is InChI=1S/C13H26N2O/c1-3-9-15(2)13(16)8-7-11-5-4-6-12(14)10-11/h11-12H,3-10,14H2,1-2H3. The molecule has 3 heteroatoms. The molecule has 94 valence electrons. The fourth-order valence-corrected chi connectivity index (χ4v) is 2.57. The molecular weight excluding hydrogens is 200 g/mol. The van der Waals surface area contributed by atoms with Crippen molar-refractivity contribution in [2.24, 2.45) is 11.7 Å². The molecular formula is C13H26N2O. The minimum atomic E-state index is 0.293. The van der Waals surface area contributed by atoms with E-state index >= 15 is 0 Å². The average molecular weight is 226 g/mol. The Balaban J connectivity index is 2.20. The molecule has 0 aliphatic heterocycles. The van der Waals surface area contributed by atoms with Crippen LogP contribution in [0, 0.1) is 5.92 Å². The van der Waals surface area contributed by atoms with Gasteiger partial charge in [-0.25, -0.2) is 0 Å². The Morgan fingerprint density at radius 2 is 2.19 bits per heavy atom. The van der Waals surface area contributed by atoms with Gasteiger partial charge in [0.05, 0.1) is 0 Å². The van der Waals surface area contributed by atoms with Crippen LogP contribution in [0.1, 0.15) is 51.9 Å². The van der Waals surface area contributed by atoms with Gasteiger partial charge in [0.15, 0.2) is 0 Å². The zero-order valence-electron chi connectivity index (χ0n) is 10.7. The summed E-state index contributed by atoms with van der Waals surface area (Å²) >= 11 is 0. The maximum Gasteiger partial charge on any atom is 0.222 e. The van der Waals surface area contributed by atoms with Crippen molar-refractivity contribution < 1.29 is 4.79 Å². The van der Waals surface area contributed by atoms with E-state index < -0.39 is 0 Å². The smallest absolute Gasteiger partial charge is 0.222 e. The van der Waals surface area contributed by atoms with E-state index in [4.69, 9.17) is 5.73 Å². The molecule has 1 saturated carbocycles. The molecule has 0 aromatic carbocycles. The molecule has 1 aliphatic carbocycles. The van der Waals surface area contributed by atoms with Crippen molar-refractivity contribution in [3.8, 4) is 0 Å². The average Bonchev–Trinajstić information content (AvgIpc) is 2.26. The van der Waals surface area contributed by atoms with Crippen molar-refractivity contribution in [2.75, 3.05) is 13.6 Å². The van der Waals surface area contributed by atoms with Crippen molar-refractivity contribution >= 4 is 5.91 Å². The van der Waals surface area contributed by atoms with Gasteiger partial charge >= 0.3 is 0 Å². The van der Waals surface area contributed by atoms with Gasteiger partial charge < -0.3 is 10.6 Å². The van der Waals surface area contributed by atoms with Crippen LogP contribution in [-0.4, -0.2) is 30.4 Å². The Kier molecular flexibility index (Phi) is 5.81. The van der Waals surface area contributed by atoms with Crippen molar-refractivity contribution in [1.29, 1.82) is 0 Å². The van der Waals surface area contributed by atoms with Crippen LogP contribution >= 0.6 is 0 Å². The molecule has 0 radical (unpaired) electrons. The van der Waals surface area contributed by atoms with Crippen LogP contribution in [0.3, 0.4) is 0 Å². The highest BCUT2D eigenvalue weighted by molar-refractivity contribution is 5.75. The first kappa shape index (κ1) is 13.5. The molecule has 2 unspecified atom stereocenters. The molecule has 1 fully saturated rings. The number of amides is 1. The largest absolute Gasteiger partial charge is 0.346 e. The molecule has 0 spiro atoms. The van der Waals surface area contributed by atoms with E-state index in [9.17, 15) is 4.79 Å². The molecule has 0 bridgehead atoms. The van der Waals surface area contributed by atoms with E-state index in [2.05, 4.69) is 6.92 Å². The van der Waals surface area contributed by atoms with E-state index in [1.807, 2.05) is 11.9 Å². The van der Waals surface area contributed by atoms with Crippen LogP contribution < -0.4 is 5.73 Å². The highest BCUT2D eigenvalue weighted by Crippen LogP contribution is 2.26. The van der Waals surface area contributed by atoms with Crippen LogP contribution in [0.5, 0.6) is 0 Å². The number of nitrogens with two attached hydrogens (primary N) is 1. The monoisotopic (exact) mass is 226 g/mol. The lowest BCUT2D eigenvalue weighted by atomic mass is 9.83. The summed E-state index contributed by atoms with van der Waals surface area (Å²) in [6.07, 6.45) is 7.55. The van der Waals surface area contributed by atoms with E-state index in [0.29, 0.717) is 24.3 Å². The zero-order chi connectivity index (χ0) is 12.0. The van der Waals surface area contributed by atoms with Crippen LogP contribution in [0.2, 0.25) is 0 Å². The Morgan fingerprint density at radius 1 is 1.44 bits per heavy atom. The number of hydrogen-bond donors (Lipinski definition) is 1. The molecule has 2 N–H and O–H groups in total. The summed E-state index contributed by atoms with van der Waals surface area (Å²) in [5.74, 6) is 0.976. The number of carbonyl (C=O) groups excluding carboxylic acids is 1. The summed E-state index contributed by atoms with van der Waals surface area (Å²) in [7, 11) is 1.90. The van der Waals surface area contributed by atoms with Gasteiger partial charge in [-0.3, -0.25) is 4.79 Å². The summed E-state index contributed by atoms with van der Waals surface area (Å²) in [6.45, 7) is 2.98. The molecule has 16 heavy (non-hydrogen) atoms. The van der Waals surface area contributed by atoms with Crippen LogP contribution in [0.4, 0.5) is 0 Å². The van der Waals surface area contributed by atoms with Gasteiger partial charge in [-0.2, -0.15) is 0 Å². The minimum absolute atomic E-state index is 0.293. The van der Waals surface area contributed by atoms with Crippen molar-refractivity contribution in [3.05, 3.63) is 0 Å². The molecule has 0 heterocycles. The van der Waals surface area contributed by atoms with Gasteiger partial charge in [-0.1, -0.05) is 19.8 Å². The first-order valence-corrected chi connectivity index (χ1v) is 6.63. The number of hydrogen-bond acceptors (Lipinski definition) is 2. The lowest BCUT2D eigenvalue weighted by molar-refractivity contribution is -0.130. The third-order valence-corrected chi connectivity index (χ3v) is 3.57. The predicted molar refractivity (Wildman–Crippen MR) is 67.1 cm³/mol. The number of carbonyl (C=O) groups is 1. The Hall–Kier alpha value is -0.570. The Bertz CT molecular complexity index is 218. The normalized spacial score (nSPS) is 25.4. The van der Waals surface area contributed by atoms with E-state index in [-0.39, 0.29) is 0 Å². The second kappa shape index (κ2) is 6.89. The fourth-order valence-electron chi connectivity index (χ4n) is 2.57. The van der Waals surface area contributed by atoms with Crippen LogP contribution in [0.15, 0.2) is 0 Å². The SMILES string of the molecule is CCCN(C)C(=O)CCC1CCCC(N)C1. The quantitative estimate of drug-likeness (QED) is 0.781. The summed E-state index contributed by atoms with van der Waals surface area (Å²) < 4.78 is 0. The number of rotatable bonds is 5. The molecule has 1 aliphatic rings. The first-order valence-electron chi connectivity index (χ1n) is 6.63. The highest BCUT2D eigenvalue weighted by Gasteiger charge is 2.20. The topological polar surface area (TPSA) is 46.3 Å². The lowest BCUT2D eigenvalue weighted by Gasteiger charge is -2.27. The van der Waals surface area contributed by atoms with Gasteiger partial charge in [0.2, 0.25) is 5.91 Å². The van der Waals surface area contributed by atoms with Crippen LogP contribution in [0.25, 0.3) is 0 Å². The zero-order valence-corrected chi connectivity index (χ0v) is 10.7. The van der Waals surface area contributed by atoms with E-state index in [1.165, 1.54) is 19.3 Å². The van der Waals surface area contributed by atoms with Gasteiger partial charge in [0.1, 0.15) is 0 Å². The third-order valence-electron chi connectivity index (χ3n) is 3.57. The summed E-state index contributed by atoms with van der Waals surface area (Å²) in [5.41, 5.74) is 5.94. The summed E-state index contributed by atoms with van der Waals surface area (Å²) in [6, 6.07) is 0.377. The van der Waals surface area contributed by atoms with Gasteiger partial charge in [0, 0.05) is 26.1 Å². The predicted octanol–water partition coefficient (Wildman–Crippen LogP) is 2.15. The summed E-state index contributed by atoms with van der Waals surface area (Å²) in [4.78, 5) is 13.6. The first-order chi connectivity index (χ1) is 7.63. The maximum absolute atomic E-state index is 11.8. The molecule has 2 atom stereocenters. The second-order valence-electron chi connectivity index (χ2n) is 5.15. The molecule has 0 saturated heterocycles. The van der Waals surface area contributed by atoms with Gasteiger partial charge in [0.25, 0.3) is 0 Å². The van der Waals surface area contributed by atoms with E-state index in [1.54, 1.807) is 0 Å². The third kappa shape index (κ3) is 4.52. The fraction of sp³-hybridized carbons (Fsp3) is 0.923. The molecule has 0 aromatic rings. The van der Waals surface area contributed by atoms with E-state index in [0.717, 1.165) is 25.8 Å². The van der Waals surface area contributed by atoms with Crippen molar-refractivity contribution in [2.45, 2.75) is 57.9 Å². The number of nitrogens with zero attached hydrogens (tertiary/aromatic N) is 1. The Labute approximate surface area is 99.4 Å².